The lowest BCUT2D eigenvalue weighted by Gasteiger charge is -2.13. The van der Waals surface area contributed by atoms with E-state index in [1.54, 1.807) is 0 Å². The van der Waals surface area contributed by atoms with Gasteiger partial charge < -0.3 is 10.6 Å². The fourth-order valence-electron chi connectivity index (χ4n) is 1.07. The number of hydrogen-bond donors (Lipinski definition) is 4. The molecule has 0 aromatic rings. The molecule has 0 aromatic carbocycles. The number of rotatable bonds is 9. The smallest absolute Gasteiger partial charge is 0.239 e. The van der Waals surface area contributed by atoms with Crippen molar-refractivity contribution in [3.63, 3.8) is 0 Å². The van der Waals surface area contributed by atoms with Crippen molar-refractivity contribution in [1.82, 2.24) is 16.1 Å². The molecule has 0 unspecified atom stereocenters. The van der Waals surface area contributed by atoms with Gasteiger partial charge in [-0.15, -0.1) is 0 Å². The molecule has 0 saturated heterocycles. The van der Waals surface area contributed by atoms with Crippen LogP contribution in [0, 0.1) is 0 Å². The van der Waals surface area contributed by atoms with Crippen LogP contribution in [0.4, 0.5) is 0 Å². The van der Waals surface area contributed by atoms with E-state index in [9.17, 15) is 9.59 Å². The monoisotopic (exact) mass is 218 g/mol. The molecule has 7 heteroatoms. The molecule has 88 valence electrons. The summed E-state index contributed by atoms with van der Waals surface area (Å²) in [4.78, 5) is 25.2. The van der Waals surface area contributed by atoms with Crippen molar-refractivity contribution in [3.05, 3.63) is 0 Å². The van der Waals surface area contributed by atoms with Gasteiger partial charge in [0, 0.05) is 12.6 Å². The van der Waals surface area contributed by atoms with Crippen molar-refractivity contribution in [2.24, 2.45) is 5.90 Å². The van der Waals surface area contributed by atoms with Gasteiger partial charge in [0.15, 0.2) is 0 Å². The Bertz CT molecular complexity index is 189. The minimum atomic E-state index is -0.197. The van der Waals surface area contributed by atoms with E-state index >= 15 is 0 Å². The molecule has 0 radical (unpaired) electrons. The highest BCUT2D eigenvalue weighted by atomic mass is 16.8. The van der Waals surface area contributed by atoms with Crippen LogP contribution in [0.25, 0.3) is 0 Å². The van der Waals surface area contributed by atoms with Crippen LogP contribution in [-0.4, -0.2) is 31.4 Å². The Morgan fingerprint density at radius 3 is 2.93 bits per heavy atom. The van der Waals surface area contributed by atoms with Gasteiger partial charge in [-0.1, -0.05) is 0 Å². The summed E-state index contributed by atoms with van der Waals surface area (Å²) in [5, 5.41) is 5.02. The molecule has 0 saturated carbocycles. The third-order valence-corrected chi connectivity index (χ3v) is 1.75. The zero-order valence-corrected chi connectivity index (χ0v) is 8.79. The van der Waals surface area contributed by atoms with E-state index in [0.29, 0.717) is 13.0 Å². The Morgan fingerprint density at radius 2 is 2.33 bits per heavy atom. The molecule has 0 aliphatic carbocycles. The lowest BCUT2D eigenvalue weighted by Crippen LogP contribution is -2.39. The molecule has 15 heavy (non-hydrogen) atoms. The summed E-state index contributed by atoms with van der Waals surface area (Å²) in [7, 11) is 0. The molecule has 0 aliphatic heterocycles. The lowest BCUT2D eigenvalue weighted by molar-refractivity contribution is -0.122. The van der Waals surface area contributed by atoms with Gasteiger partial charge in [-0.3, -0.25) is 9.59 Å². The van der Waals surface area contributed by atoms with Gasteiger partial charge in [-0.25, -0.2) is 4.94 Å². The van der Waals surface area contributed by atoms with Crippen LogP contribution in [-0.2, 0) is 14.5 Å². The molecule has 0 heterocycles. The minimum absolute atomic E-state index is 0.0119. The normalized spacial score (nSPS) is 11.9. The van der Waals surface area contributed by atoms with Crippen molar-refractivity contribution in [2.45, 2.75) is 25.8 Å². The van der Waals surface area contributed by atoms with E-state index < -0.39 is 0 Å². The van der Waals surface area contributed by atoms with Gasteiger partial charge in [0.2, 0.25) is 12.3 Å². The van der Waals surface area contributed by atoms with Gasteiger partial charge in [0.05, 0.1) is 6.54 Å². The van der Waals surface area contributed by atoms with Crippen molar-refractivity contribution in [1.29, 1.82) is 0 Å². The van der Waals surface area contributed by atoms with Gasteiger partial charge >= 0.3 is 0 Å². The molecule has 0 rings (SSSR count). The van der Waals surface area contributed by atoms with Crippen LogP contribution in [0.3, 0.4) is 0 Å². The molecule has 7 nitrogen and oxygen atoms in total. The second kappa shape index (κ2) is 9.38. The van der Waals surface area contributed by atoms with Crippen molar-refractivity contribution in [3.8, 4) is 0 Å². The number of amides is 2. The third-order valence-electron chi connectivity index (χ3n) is 1.75. The molecule has 0 bridgehead atoms. The van der Waals surface area contributed by atoms with Crippen molar-refractivity contribution in [2.75, 3.05) is 13.1 Å². The van der Waals surface area contributed by atoms with Crippen LogP contribution in [0.5, 0.6) is 0 Å². The summed E-state index contributed by atoms with van der Waals surface area (Å²) in [5.74, 6) is 4.56. The minimum Gasteiger partial charge on any atom is -0.352 e. The summed E-state index contributed by atoms with van der Waals surface area (Å²) >= 11 is 0. The number of hydrogen-bond acceptors (Lipinski definition) is 5. The largest absolute Gasteiger partial charge is 0.352 e. The highest BCUT2D eigenvalue weighted by Crippen LogP contribution is 1.94. The van der Waals surface area contributed by atoms with E-state index in [0.717, 1.165) is 12.8 Å². The predicted molar refractivity (Wildman–Crippen MR) is 54.2 cm³/mol. The fourth-order valence-corrected chi connectivity index (χ4v) is 1.07. The maximum atomic E-state index is 11.1. The van der Waals surface area contributed by atoms with E-state index in [-0.39, 0.29) is 18.5 Å². The average Bonchev–Trinajstić information content (AvgIpc) is 2.21. The molecule has 0 spiro atoms. The molecule has 0 aliphatic rings. The first-order chi connectivity index (χ1) is 7.20. The van der Waals surface area contributed by atoms with Crippen molar-refractivity contribution < 1.29 is 14.5 Å². The Kier molecular flexibility index (Phi) is 8.64. The quantitative estimate of drug-likeness (QED) is 0.212. The van der Waals surface area contributed by atoms with Gasteiger partial charge in [0.1, 0.15) is 0 Å². The number of hydroxylamine groups is 1. The predicted octanol–water partition coefficient (Wildman–Crippen LogP) is -1.59. The molecular weight excluding hydrogens is 200 g/mol. The van der Waals surface area contributed by atoms with Crippen LogP contribution in [0.15, 0.2) is 0 Å². The third kappa shape index (κ3) is 9.13. The second-order valence-corrected chi connectivity index (χ2v) is 3.12. The van der Waals surface area contributed by atoms with E-state index in [4.69, 9.17) is 5.90 Å². The van der Waals surface area contributed by atoms with Crippen LogP contribution in [0.1, 0.15) is 19.8 Å². The summed E-state index contributed by atoms with van der Waals surface area (Å²) < 4.78 is 0. The number of carbonyl (C=O) groups excluding carboxylic acids is 2. The molecule has 0 aromatic heterocycles. The SMILES string of the molecule is C[C@H](CCCNON)NC(=O)CNC=O. The van der Waals surface area contributed by atoms with Gasteiger partial charge in [-0.2, -0.15) is 11.4 Å². The highest BCUT2D eigenvalue weighted by Gasteiger charge is 2.05. The number of nitrogens with two attached hydrogens (primary N) is 1. The summed E-state index contributed by atoms with van der Waals surface area (Å²) in [6, 6.07) is 0.0607. The number of nitrogens with one attached hydrogen (secondary N) is 3. The van der Waals surface area contributed by atoms with Crippen LogP contribution >= 0.6 is 0 Å². The van der Waals surface area contributed by atoms with Gasteiger partial charge in [-0.05, 0) is 19.8 Å². The standard InChI is InChI=1S/C8H18N4O3/c1-7(3-2-4-11-15-9)12-8(14)5-10-6-13/h6-7,11H,2-5,9H2,1H3,(H,10,13)(H,12,14)/t7-/m1/s1. The topological polar surface area (TPSA) is 105 Å². The van der Waals surface area contributed by atoms with Crippen molar-refractivity contribution >= 4 is 12.3 Å². The first-order valence-electron chi connectivity index (χ1n) is 4.75. The maximum absolute atomic E-state index is 11.1. The zero-order valence-electron chi connectivity index (χ0n) is 8.79. The first kappa shape index (κ1) is 13.8. The Labute approximate surface area is 88.6 Å². The molecule has 1 atom stereocenters. The molecule has 2 amide bonds. The summed E-state index contributed by atoms with van der Waals surface area (Å²) in [6.07, 6.45) is 2.13. The Hall–Kier alpha value is -1.18. The first-order valence-corrected chi connectivity index (χ1v) is 4.75. The molecular formula is C8H18N4O3. The Morgan fingerprint density at radius 1 is 1.60 bits per heavy atom. The number of carbonyl (C=O) groups is 2. The van der Waals surface area contributed by atoms with E-state index in [2.05, 4.69) is 21.1 Å². The zero-order chi connectivity index (χ0) is 11.5. The molecule has 5 N–H and O–H groups in total. The second-order valence-electron chi connectivity index (χ2n) is 3.12. The van der Waals surface area contributed by atoms with E-state index in [1.807, 2.05) is 6.92 Å². The molecule has 0 fully saturated rings. The highest BCUT2D eigenvalue weighted by molar-refractivity contribution is 5.79. The average molecular weight is 218 g/mol. The fraction of sp³-hybridized carbons (Fsp3) is 0.750. The van der Waals surface area contributed by atoms with Crippen LogP contribution in [0.2, 0.25) is 0 Å². The Balaban J connectivity index is 3.42. The maximum Gasteiger partial charge on any atom is 0.239 e. The van der Waals surface area contributed by atoms with E-state index in [1.165, 1.54) is 0 Å². The van der Waals surface area contributed by atoms with Gasteiger partial charge in [0.25, 0.3) is 0 Å². The van der Waals surface area contributed by atoms with Crippen LogP contribution < -0.4 is 22.0 Å². The lowest BCUT2D eigenvalue weighted by atomic mass is 10.2. The summed E-state index contributed by atoms with van der Waals surface area (Å²) in [5.41, 5.74) is 2.50. The summed E-state index contributed by atoms with van der Waals surface area (Å²) in [6.45, 7) is 2.53.